The third-order valence-electron chi connectivity index (χ3n) is 2.66. The summed E-state index contributed by atoms with van der Waals surface area (Å²) in [6, 6.07) is 6.26. The first-order valence-corrected chi connectivity index (χ1v) is 6.05. The van der Waals surface area contributed by atoms with Gasteiger partial charge in [0, 0.05) is 24.2 Å². The van der Waals surface area contributed by atoms with Gasteiger partial charge < -0.3 is 5.32 Å². The van der Waals surface area contributed by atoms with E-state index in [0.717, 1.165) is 5.57 Å². The largest absolute Gasteiger partial charge is 0.316 e. The topological polar surface area (TPSA) is 85.9 Å². The van der Waals surface area contributed by atoms with Crippen molar-refractivity contribution in [1.82, 2.24) is 20.1 Å². The third kappa shape index (κ3) is 3.27. The number of likely N-dealkylation sites (N-methyl/N-ethyl adjacent to an activating group) is 1. The van der Waals surface area contributed by atoms with E-state index in [1.165, 1.54) is 12.1 Å². The number of non-ortho nitro benzene ring substituents is 1. The van der Waals surface area contributed by atoms with Crippen molar-refractivity contribution in [2.24, 2.45) is 0 Å². The molecule has 1 aromatic heterocycles. The molecule has 7 heteroatoms. The molecule has 1 N–H and O–H groups in total. The molecule has 0 fully saturated rings. The Morgan fingerprint density at radius 3 is 3.05 bits per heavy atom. The Morgan fingerprint density at radius 1 is 1.55 bits per heavy atom. The lowest BCUT2D eigenvalue weighted by molar-refractivity contribution is -0.384. The first kappa shape index (κ1) is 13.9. The predicted octanol–water partition coefficient (Wildman–Crippen LogP) is 1.63. The van der Waals surface area contributed by atoms with Gasteiger partial charge in [-0.25, -0.2) is 9.67 Å². The number of nitrogens with one attached hydrogen (secondary N) is 1. The monoisotopic (exact) mass is 273 g/mol. The summed E-state index contributed by atoms with van der Waals surface area (Å²) in [5.74, 6) is 0.464. The van der Waals surface area contributed by atoms with Crippen molar-refractivity contribution in [2.45, 2.75) is 6.54 Å². The summed E-state index contributed by atoms with van der Waals surface area (Å²) in [7, 11) is 1.85. The molecular weight excluding hydrogens is 258 g/mol. The van der Waals surface area contributed by atoms with Crippen LogP contribution < -0.4 is 5.32 Å². The molecule has 2 rings (SSSR count). The molecule has 104 valence electrons. The van der Waals surface area contributed by atoms with Crippen LogP contribution in [0.4, 0.5) is 5.69 Å². The molecular formula is C13H15N5O2. The highest BCUT2D eigenvalue weighted by Crippen LogP contribution is 2.20. The molecule has 20 heavy (non-hydrogen) atoms. The molecule has 0 aliphatic heterocycles. The second-order valence-electron chi connectivity index (χ2n) is 4.35. The molecule has 1 heterocycles. The van der Waals surface area contributed by atoms with Crippen molar-refractivity contribution < 1.29 is 4.92 Å². The van der Waals surface area contributed by atoms with Crippen molar-refractivity contribution >= 4 is 5.69 Å². The van der Waals surface area contributed by atoms with Crippen molar-refractivity contribution in [3.8, 4) is 11.4 Å². The average molecular weight is 273 g/mol. The maximum Gasteiger partial charge on any atom is 0.270 e. The SMILES string of the molecule is C=C(CNC)Cn1cnc(-c2cccc([N+](=O)[O-])c2)n1. The number of hydrogen-bond acceptors (Lipinski definition) is 5. The molecule has 0 unspecified atom stereocenters. The van der Waals surface area contributed by atoms with Crippen molar-refractivity contribution in [3.63, 3.8) is 0 Å². The second-order valence-corrected chi connectivity index (χ2v) is 4.35. The molecule has 7 nitrogen and oxygen atoms in total. The van der Waals surface area contributed by atoms with Crippen LogP contribution in [0.25, 0.3) is 11.4 Å². The predicted molar refractivity (Wildman–Crippen MR) is 75.2 cm³/mol. The minimum absolute atomic E-state index is 0.0263. The number of aromatic nitrogens is 3. The van der Waals surface area contributed by atoms with Crippen LogP contribution in [0.2, 0.25) is 0 Å². The first-order valence-electron chi connectivity index (χ1n) is 6.05. The fourth-order valence-electron chi connectivity index (χ4n) is 1.80. The maximum atomic E-state index is 10.7. The lowest BCUT2D eigenvalue weighted by Crippen LogP contribution is -2.14. The van der Waals surface area contributed by atoms with E-state index in [4.69, 9.17) is 0 Å². The lowest BCUT2D eigenvalue weighted by atomic mass is 10.2. The minimum atomic E-state index is -0.435. The van der Waals surface area contributed by atoms with E-state index >= 15 is 0 Å². The van der Waals surface area contributed by atoms with Gasteiger partial charge in [0.15, 0.2) is 5.82 Å². The van der Waals surface area contributed by atoms with Gasteiger partial charge in [-0.05, 0) is 12.6 Å². The Morgan fingerprint density at radius 2 is 2.35 bits per heavy atom. The van der Waals surface area contributed by atoms with Gasteiger partial charge in [0.25, 0.3) is 5.69 Å². The molecule has 0 amide bonds. The van der Waals surface area contributed by atoms with Crippen LogP contribution in [-0.4, -0.2) is 33.3 Å². The minimum Gasteiger partial charge on any atom is -0.316 e. The first-order chi connectivity index (χ1) is 9.60. The molecule has 1 aromatic carbocycles. The molecule has 0 aliphatic carbocycles. The summed E-state index contributed by atoms with van der Waals surface area (Å²) >= 11 is 0. The fraction of sp³-hybridized carbons (Fsp3) is 0.231. The van der Waals surface area contributed by atoms with Crippen LogP contribution in [0.15, 0.2) is 42.7 Å². The summed E-state index contributed by atoms with van der Waals surface area (Å²) in [5, 5.41) is 18.1. The Kier molecular flexibility index (Phi) is 4.21. The summed E-state index contributed by atoms with van der Waals surface area (Å²) in [6.45, 7) is 5.18. The maximum absolute atomic E-state index is 10.7. The average Bonchev–Trinajstić information content (AvgIpc) is 2.87. The van der Waals surface area contributed by atoms with Crippen LogP contribution in [0.1, 0.15) is 0 Å². The van der Waals surface area contributed by atoms with Crippen LogP contribution in [0, 0.1) is 10.1 Å². The van der Waals surface area contributed by atoms with E-state index in [0.29, 0.717) is 24.5 Å². The van der Waals surface area contributed by atoms with E-state index in [1.807, 2.05) is 7.05 Å². The number of nitro benzene ring substituents is 1. The molecule has 0 radical (unpaired) electrons. The summed E-state index contributed by atoms with van der Waals surface area (Å²) < 4.78 is 1.66. The van der Waals surface area contributed by atoms with Gasteiger partial charge in [-0.15, -0.1) is 0 Å². The van der Waals surface area contributed by atoms with Crippen molar-refractivity contribution in [2.75, 3.05) is 13.6 Å². The van der Waals surface area contributed by atoms with Crippen molar-refractivity contribution in [3.05, 3.63) is 52.9 Å². The zero-order chi connectivity index (χ0) is 14.5. The number of benzene rings is 1. The van der Waals surface area contributed by atoms with Crippen LogP contribution in [-0.2, 0) is 6.54 Å². The number of rotatable bonds is 6. The molecule has 0 spiro atoms. The second kappa shape index (κ2) is 6.07. The van der Waals surface area contributed by atoms with E-state index in [1.54, 1.807) is 23.1 Å². The van der Waals surface area contributed by atoms with Gasteiger partial charge in [0.2, 0.25) is 0 Å². The Bertz CT molecular complexity index is 635. The van der Waals surface area contributed by atoms with E-state index in [-0.39, 0.29) is 5.69 Å². The Labute approximate surface area is 116 Å². The Hall–Kier alpha value is -2.54. The highest BCUT2D eigenvalue weighted by atomic mass is 16.6. The normalized spacial score (nSPS) is 10.4. The number of nitro groups is 1. The van der Waals surface area contributed by atoms with Gasteiger partial charge in [-0.1, -0.05) is 18.7 Å². The summed E-state index contributed by atoms with van der Waals surface area (Å²) in [5.41, 5.74) is 1.62. The van der Waals surface area contributed by atoms with Crippen molar-refractivity contribution in [1.29, 1.82) is 0 Å². The van der Waals surface area contributed by atoms with Gasteiger partial charge in [0.05, 0.1) is 11.5 Å². The van der Waals surface area contributed by atoms with Gasteiger partial charge >= 0.3 is 0 Å². The lowest BCUT2D eigenvalue weighted by Gasteiger charge is -2.03. The van der Waals surface area contributed by atoms with E-state index < -0.39 is 4.92 Å². The van der Waals surface area contributed by atoms with Gasteiger partial charge in [-0.3, -0.25) is 10.1 Å². The van der Waals surface area contributed by atoms with Gasteiger partial charge in [-0.2, -0.15) is 5.10 Å². The highest BCUT2D eigenvalue weighted by molar-refractivity contribution is 5.58. The number of nitrogens with zero attached hydrogens (tertiary/aromatic N) is 4. The Balaban J connectivity index is 2.18. The summed E-state index contributed by atoms with van der Waals surface area (Å²) in [4.78, 5) is 14.5. The molecule has 0 bridgehead atoms. The van der Waals surface area contributed by atoms with Crippen LogP contribution in [0.5, 0.6) is 0 Å². The van der Waals surface area contributed by atoms with Crippen LogP contribution >= 0.6 is 0 Å². The van der Waals surface area contributed by atoms with E-state index in [2.05, 4.69) is 22.0 Å². The third-order valence-corrected chi connectivity index (χ3v) is 2.66. The fourth-order valence-corrected chi connectivity index (χ4v) is 1.80. The highest BCUT2D eigenvalue weighted by Gasteiger charge is 2.10. The zero-order valence-corrected chi connectivity index (χ0v) is 11.1. The quantitative estimate of drug-likeness (QED) is 0.491. The molecule has 2 aromatic rings. The zero-order valence-electron chi connectivity index (χ0n) is 11.1. The standard InChI is InChI=1S/C13H15N5O2/c1-10(7-14-2)8-17-9-15-13(16-17)11-4-3-5-12(6-11)18(19)20/h3-6,9,14H,1,7-8H2,2H3. The molecule has 0 aliphatic rings. The smallest absolute Gasteiger partial charge is 0.270 e. The molecule has 0 saturated carbocycles. The molecule has 0 atom stereocenters. The van der Waals surface area contributed by atoms with E-state index in [9.17, 15) is 10.1 Å². The summed E-state index contributed by atoms with van der Waals surface area (Å²) in [6.07, 6.45) is 1.59. The van der Waals surface area contributed by atoms with Gasteiger partial charge in [0.1, 0.15) is 6.33 Å². The number of hydrogen-bond donors (Lipinski definition) is 1. The van der Waals surface area contributed by atoms with Crippen LogP contribution in [0.3, 0.4) is 0 Å². The molecule has 0 saturated heterocycles.